The van der Waals surface area contributed by atoms with Crippen LogP contribution in [-0.2, 0) is 6.54 Å². The summed E-state index contributed by atoms with van der Waals surface area (Å²) in [6, 6.07) is 22.9. The first-order valence-electron chi connectivity index (χ1n) is 10.6. The number of carbonyl (C=O) groups excluding carboxylic acids is 2. The van der Waals surface area contributed by atoms with Crippen LogP contribution in [0.3, 0.4) is 0 Å². The van der Waals surface area contributed by atoms with E-state index in [1.165, 1.54) is 0 Å². The summed E-state index contributed by atoms with van der Waals surface area (Å²) in [5.74, 6) is 0.215. The Bertz CT molecular complexity index is 1150. The van der Waals surface area contributed by atoms with E-state index in [2.05, 4.69) is 11.4 Å². The van der Waals surface area contributed by atoms with Gasteiger partial charge in [0.15, 0.2) is 0 Å². The van der Waals surface area contributed by atoms with Crippen LogP contribution in [0, 0.1) is 11.3 Å². The van der Waals surface area contributed by atoms with E-state index in [0.29, 0.717) is 54.2 Å². The van der Waals surface area contributed by atoms with Crippen molar-refractivity contribution in [2.24, 2.45) is 5.73 Å². The number of anilines is 1. The molecule has 0 aliphatic rings. The zero-order chi connectivity index (χ0) is 23.6. The summed E-state index contributed by atoms with van der Waals surface area (Å²) in [6.45, 7) is 1.32. The molecular formula is C26H26N4O3. The highest BCUT2D eigenvalue weighted by molar-refractivity contribution is 6.04. The lowest BCUT2D eigenvalue weighted by molar-refractivity contribution is 0.0742. The lowest BCUT2D eigenvalue weighted by Gasteiger charge is -2.23. The maximum atomic E-state index is 13.1. The summed E-state index contributed by atoms with van der Waals surface area (Å²) in [7, 11) is 1.55. The fourth-order valence-electron chi connectivity index (χ4n) is 3.34. The minimum absolute atomic E-state index is 0.140. The Morgan fingerprint density at radius 2 is 1.79 bits per heavy atom. The van der Waals surface area contributed by atoms with Gasteiger partial charge in [0.1, 0.15) is 5.75 Å². The van der Waals surface area contributed by atoms with E-state index < -0.39 is 0 Å². The molecule has 7 heteroatoms. The average Bonchev–Trinajstić information content (AvgIpc) is 2.86. The van der Waals surface area contributed by atoms with Crippen LogP contribution in [0.2, 0.25) is 0 Å². The molecule has 0 saturated heterocycles. The second-order valence-corrected chi connectivity index (χ2v) is 7.44. The van der Waals surface area contributed by atoms with Crippen LogP contribution in [-0.4, -0.2) is 36.9 Å². The number of carbonyl (C=O) groups is 2. The Balaban J connectivity index is 1.75. The molecule has 0 spiro atoms. The number of nitrogens with one attached hydrogen (secondary N) is 1. The quantitative estimate of drug-likeness (QED) is 0.524. The van der Waals surface area contributed by atoms with Gasteiger partial charge in [-0.25, -0.2) is 0 Å². The van der Waals surface area contributed by atoms with Crippen LogP contribution < -0.4 is 15.8 Å². The van der Waals surface area contributed by atoms with Crippen molar-refractivity contribution in [3.05, 3.63) is 95.1 Å². The molecular weight excluding hydrogens is 416 g/mol. The molecule has 3 aromatic carbocycles. The third-order valence-electron chi connectivity index (χ3n) is 5.07. The van der Waals surface area contributed by atoms with Crippen LogP contribution >= 0.6 is 0 Å². The van der Waals surface area contributed by atoms with E-state index >= 15 is 0 Å². The minimum atomic E-state index is -0.250. The Hall–Kier alpha value is -4.15. The van der Waals surface area contributed by atoms with Gasteiger partial charge < -0.3 is 20.7 Å². The predicted molar refractivity (Wildman–Crippen MR) is 127 cm³/mol. The number of methoxy groups -OCH3 is 1. The molecule has 0 aliphatic carbocycles. The second-order valence-electron chi connectivity index (χ2n) is 7.44. The first-order chi connectivity index (χ1) is 16.0. The molecule has 0 radical (unpaired) electrons. The third kappa shape index (κ3) is 6.42. The molecule has 7 nitrogen and oxygen atoms in total. The zero-order valence-electron chi connectivity index (χ0n) is 18.5. The van der Waals surface area contributed by atoms with Gasteiger partial charge in [0.2, 0.25) is 0 Å². The lowest BCUT2D eigenvalue weighted by Crippen LogP contribution is -2.32. The Kier molecular flexibility index (Phi) is 8.17. The predicted octanol–water partition coefficient (Wildman–Crippen LogP) is 3.81. The third-order valence-corrected chi connectivity index (χ3v) is 5.07. The molecule has 3 rings (SSSR count). The SMILES string of the molecule is COc1cccc(C(=O)Nc2cccc(CN(CCCN)C(=O)c3ccc(C#N)cc3)c2)c1. The average molecular weight is 443 g/mol. The number of nitrogens with zero attached hydrogens (tertiary/aromatic N) is 2. The number of benzene rings is 3. The molecule has 3 N–H and O–H groups in total. The van der Waals surface area contributed by atoms with Gasteiger partial charge in [-0.05, 0) is 73.1 Å². The number of ether oxygens (including phenoxy) is 1. The molecule has 2 amide bonds. The first-order valence-corrected chi connectivity index (χ1v) is 10.6. The van der Waals surface area contributed by atoms with Crippen molar-refractivity contribution >= 4 is 17.5 Å². The molecule has 0 fully saturated rings. The normalized spacial score (nSPS) is 10.2. The maximum Gasteiger partial charge on any atom is 0.255 e. The fourth-order valence-corrected chi connectivity index (χ4v) is 3.34. The van der Waals surface area contributed by atoms with Crippen molar-refractivity contribution in [2.45, 2.75) is 13.0 Å². The number of amides is 2. The number of nitrogens with two attached hydrogens (primary N) is 1. The van der Waals surface area contributed by atoms with Gasteiger partial charge >= 0.3 is 0 Å². The summed E-state index contributed by atoms with van der Waals surface area (Å²) < 4.78 is 5.18. The molecule has 168 valence electrons. The molecule has 0 atom stereocenters. The Labute approximate surface area is 193 Å². The van der Waals surface area contributed by atoms with Crippen LogP contribution in [0.5, 0.6) is 5.75 Å². The van der Waals surface area contributed by atoms with E-state index in [-0.39, 0.29) is 11.8 Å². The largest absolute Gasteiger partial charge is 0.497 e. The van der Waals surface area contributed by atoms with Crippen molar-refractivity contribution < 1.29 is 14.3 Å². The molecule has 0 bridgehead atoms. The van der Waals surface area contributed by atoms with Gasteiger partial charge in [0, 0.05) is 29.9 Å². The van der Waals surface area contributed by atoms with Crippen LogP contribution in [0.1, 0.15) is 38.3 Å². The van der Waals surface area contributed by atoms with Gasteiger partial charge in [0.25, 0.3) is 11.8 Å². The molecule has 0 saturated carbocycles. The highest BCUT2D eigenvalue weighted by atomic mass is 16.5. The summed E-state index contributed by atoms with van der Waals surface area (Å²) in [5.41, 5.74) is 8.67. The lowest BCUT2D eigenvalue weighted by atomic mass is 10.1. The minimum Gasteiger partial charge on any atom is -0.497 e. The smallest absolute Gasteiger partial charge is 0.255 e. The fraction of sp³-hybridized carbons (Fsp3) is 0.192. The van der Waals surface area contributed by atoms with E-state index in [9.17, 15) is 9.59 Å². The molecule has 0 heterocycles. The maximum absolute atomic E-state index is 13.1. The summed E-state index contributed by atoms with van der Waals surface area (Å²) in [6.07, 6.45) is 0.661. The number of nitriles is 1. The number of hydrogen-bond donors (Lipinski definition) is 2. The molecule has 0 aromatic heterocycles. The van der Waals surface area contributed by atoms with Crippen molar-refractivity contribution in [3.8, 4) is 11.8 Å². The van der Waals surface area contributed by atoms with Gasteiger partial charge in [0.05, 0.1) is 18.7 Å². The van der Waals surface area contributed by atoms with E-state index in [1.54, 1.807) is 66.6 Å². The number of rotatable bonds is 9. The topological polar surface area (TPSA) is 108 Å². The van der Waals surface area contributed by atoms with E-state index in [4.69, 9.17) is 15.7 Å². The highest BCUT2D eigenvalue weighted by Gasteiger charge is 2.16. The monoisotopic (exact) mass is 442 g/mol. The number of hydrogen-bond acceptors (Lipinski definition) is 5. The second kappa shape index (κ2) is 11.5. The van der Waals surface area contributed by atoms with Gasteiger partial charge in [-0.3, -0.25) is 9.59 Å². The van der Waals surface area contributed by atoms with Crippen LogP contribution in [0.25, 0.3) is 0 Å². The molecule has 3 aromatic rings. The standard InChI is InChI=1S/C26H26N4O3/c1-33-24-8-3-6-22(16-24)25(31)29-23-7-2-5-20(15-23)18-30(14-4-13-27)26(32)21-11-9-19(17-28)10-12-21/h2-3,5-12,15-16H,4,13-14,18,27H2,1H3,(H,29,31). The van der Waals surface area contributed by atoms with Crippen molar-refractivity contribution in [1.82, 2.24) is 4.90 Å². The first kappa shape index (κ1) is 23.5. The Morgan fingerprint density at radius 3 is 2.48 bits per heavy atom. The summed E-state index contributed by atoms with van der Waals surface area (Å²) in [4.78, 5) is 27.4. The summed E-state index contributed by atoms with van der Waals surface area (Å²) in [5, 5.41) is 11.9. The summed E-state index contributed by atoms with van der Waals surface area (Å²) >= 11 is 0. The van der Waals surface area contributed by atoms with E-state index in [1.807, 2.05) is 18.2 Å². The van der Waals surface area contributed by atoms with Crippen molar-refractivity contribution in [3.63, 3.8) is 0 Å². The zero-order valence-corrected chi connectivity index (χ0v) is 18.5. The molecule has 0 aliphatic heterocycles. The van der Waals surface area contributed by atoms with E-state index in [0.717, 1.165) is 5.56 Å². The molecule has 33 heavy (non-hydrogen) atoms. The highest BCUT2D eigenvalue weighted by Crippen LogP contribution is 2.18. The Morgan fingerprint density at radius 1 is 1.03 bits per heavy atom. The van der Waals surface area contributed by atoms with Crippen LogP contribution in [0.15, 0.2) is 72.8 Å². The van der Waals surface area contributed by atoms with Crippen LogP contribution in [0.4, 0.5) is 5.69 Å². The van der Waals surface area contributed by atoms with Crippen molar-refractivity contribution in [2.75, 3.05) is 25.5 Å². The molecule has 0 unspecified atom stereocenters. The van der Waals surface area contributed by atoms with Gasteiger partial charge in [-0.2, -0.15) is 5.26 Å². The van der Waals surface area contributed by atoms with Gasteiger partial charge in [-0.15, -0.1) is 0 Å². The van der Waals surface area contributed by atoms with Crippen molar-refractivity contribution in [1.29, 1.82) is 5.26 Å². The van der Waals surface area contributed by atoms with Gasteiger partial charge in [-0.1, -0.05) is 18.2 Å².